The molecular weight excluding hydrogens is 353 g/mol. The Hall–Kier alpha value is -1.20. The molecule has 1 aliphatic heterocycles. The van der Waals surface area contributed by atoms with Crippen molar-refractivity contribution in [2.45, 2.75) is 25.8 Å². The highest BCUT2D eigenvalue weighted by atomic mass is 79.9. The maximum atomic E-state index is 14.2. The minimum Gasteiger partial charge on any atom is -0.331 e. The summed E-state index contributed by atoms with van der Waals surface area (Å²) in [6.45, 7) is 2.71. The van der Waals surface area contributed by atoms with E-state index in [0.717, 1.165) is 12.8 Å². The average Bonchev–Trinajstić information content (AvgIpc) is 2.96. The van der Waals surface area contributed by atoms with Gasteiger partial charge in [-0.2, -0.15) is 0 Å². The van der Waals surface area contributed by atoms with Gasteiger partial charge in [-0.15, -0.1) is 11.3 Å². The van der Waals surface area contributed by atoms with E-state index in [1.807, 2.05) is 0 Å². The van der Waals surface area contributed by atoms with Gasteiger partial charge in [0.25, 0.3) is 5.91 Å². The first-order valence-corrected chi connectivity index (χ1v) is 8.62. The van der Waals surface area contributed by atoms with Crippen LogP contribution in [0.2, 0.25) is 0 Å². The third-order valence-electron chi connectivity index (χ3n) is 3.92. The minimum absolute atomic E-state index is 0.0471. The van der Waals surface area contributed by atoms with Crippen LogP contribution in [0.3, 0.4) is 0 Å². The fraction of sp³-hybridized carbons (Fsp3) is 0.312. The number of benzene rings is 1. The van der Waals surface area contributed by atoms with Crippen LogP contribution in [-0.2, 0) is 6.42 Å². The molecule has 5 heteroatoms. The lowest BCUT2D eigenvalue weighted by atomic mass is 9.97. The number of carbonyl (C=O) groups is 1. The highest BCUT2D eigenvalue weighted by Crippen LogP contribution is 2.36. The normalized spacial score (nSPS) is 17.7. The summed E-state index contributed by atoms with van der Waals surface area (Å²) >= 11 is 4.89. The van der Waals surface area contributed by atoms with E-state index >= 15 is 0 Å². The van der Waals surface area contributed by atoms with Crippen LogP contribution in [-0.4, -0.2) is 17.4 Å². The van der Waals surface area contributed by atoms with Crippen molar-refractivity contribution in [3.8, 4) is 0 Å². The lowest BCUT2D eigenvalue weighted by Crippen LogP contribution is -2.39. The number of hydrogen-bond donors (Lipinski definition) is 0. The molecule has 2 nitrogen and oxygen atoms in total. The Labute approximate surface area is 135 Å². The lowest BCUT2D eigenvalue weighted by Gasteiger charge is -2.35. The number of thiophene rings is 1. The summed E-state index contributed by atoms with van der Waals surface area (Å²) in [6, 6.07) is 6.99. The lowest BCUT2D eigenvalue weighted by molar-refractivity contribution is 0.0652. The maximum Gasteiger partial charge on any atom is 0.257 e. The summed E-state index contributed by atoms with van der Waals surface area (Å²) in [6.07, 6.45) is 1.69. The molecule has 2 heterocycles. The molecule has 2 aromatic rings. The molecule has 0 saturated heterocycles. The zero-order chi connectivity index (χ0) is 15.0. The Morgan fingerprint density at radius 3 is 3.05 bits per heavy atom. The fourth-order valence-corrected chi connectivity index (χ4v) is 4.20. The molecule has 0 saturated carbocycles. The van der Waals surface area contributed by atoms with E-state index in [1.54, 1.807) is 34.4 Å². The number of carbonyl (C=O) groups excluding carboxylic acids is 1. The minimum atomic E-state index is -0.478. The molecule has 3 rings (SSSR count). The van der Waals surface area contributed by atoms with Crippen molar-refractivity contribution < 1.29 is 9.18 Å². The largest absolute Gasteiger partial charge is 0.331 e. The number of halogens is 2. The molecule has 1 unspecified atom stereocenters. The van der Waals surface area contributed by atoms with Crippen molar-refractivity contribution in [2.75, 3.05) is 6.54 Å². The number of nitrogens with zero attached hydrogens (tertiary/aromatic N) is 1. The number of rotatable bonds is 2. The Morgan fingerprint density at radius 2 is 2.29 bits per heavy atom. The van der Waals surface area contributed by atoms with Gasteiger partial charge in [0, 0.05) is 11.4 Å². The Morgan fingerprint density at radius 1 is 1.48 bits per heavy atom. The van der Waals surface area contributed by atoms with Gasteiger partial charge in [0.15, 0.2) is 0 Å². The van der Waals surface area contributed by atoms with E-state index < -0.39 is 5.82 Å². The standard InChI is InChI=1S/C16H15BrFNOS/c1-2-13-10-7-9-21-14(10)6-8-19(13)16(20)11-4-3-5-12(17)15(11)18/h3-5,7,9,13H,2,6,8H2,1H3. The topological polar surface area (TPSA) is 20.3 Å². The zero-order valence-electron chi connectivity index (χ0n) is 11.6. The predicted molar refractivity (Wildman–Crippen MR) is 86.2 cm³/mol. The zero-order valence-corrected chi connectivity index (χ0v) is 14.0. The molecule has 1 aliphatic rings. The number of fused-ring (bicyclic) bond motifs is 1. The van der Waals surface area contributed by atoms with Crippen molar-refractivity contribution in [1.29, 1.82) is 0 Å². The van der Waals surface area contributed by atoms with Crippen LogP contribution >= 0.6 is 27.3 Å². The van der Waals surface area contributed by atoms with Gasteiger partial charge in [-0.25, -0.2) is 4.39 Å². The predicted octanol–water partition coefficient (Wildman–Crippen LogP) is 4.80. The summed E-state index contributed by atoms with van der Waals surface area (Å²) < 4.78 is 14.5. The molecule has 1 aromatic carbocycles. The molecule has 1 atom stereocenters. The fourth-order valence-electron chi connectivity index (χ4n) is 2.90. The molecule has 0 bridgehead atoms. The molecule has 0 fully saturated rings. The van der Waals surface area contributed by atoms with Crippen LogP contribution in [0.5, 0.6) is 0 Å². The maximum absolute atomic E-state index is 14.2. The molecule has 0 N–H and O–H groups in total. The number of hydrogen-bond acceptors (Lipinski definition) is 2. The van der Waals surface area contributed by atoms with Crippen LogP contribution in [0.1, 0.15) is 40.2 Å². The van der Waals surface area contributed by atoms with Gasteiger partial charge < -0.3 is 4.90 Å². The second kappa shape index (κ2) is 5.89. The molecule has 1 aromatic heterocycles. The molecular formula is C16H15BrFNOS. The summed E-state index contributed by atoms with van der Waals surface area (Å²) in [5.74, 6) is -0.703. The molecule has 0 radical (unpaired) electrons. The van der Waals surface area contributed by atoms with E-state index in [1.165, 1.54) is 10.4 Å². The van der Waals surface area contributed by atoms with Crippen molar-refractivity contribution in [2.24, 2.45) is 0 Å². The first-order valence-electron chi connectivity index (χ1n) is 6.94. The van der Waals surface area contributed by atoms with Crippen LogP contribution in [0.15, 0.2) is 34.1 Å². The SMILES string of the molecule is CCC1c2ccsc2CCN1C(=O)c1cccc(Br)c1F. The second-order valence-electron chi connectivity index (χ2n) is 5.07. The number of amides is 1. The Bertz CT molecular complexity index is 685. The average molecular weight is 368 g/mol. The first kappa shape index (κ1) is 14.7. The second-order valence-corrected chi connectivity index (χ2v) is 6.93. The monoisotopic (exact) mass is 367 g/mol. The van der Waals surface area contributed by atoms with Gasteiger partial charge in [-0.05, 0) is 57.9 Å². The van der Waals surface area contributed by atoms with Crippen LogP contribution in [0, 0.1) is 5.82 Å². The highest BCUT2D eigenvalue weighted by Gasteiger charge is 2.32. The van der Waals surface area contributed by atoms with Gasteiger partial charge in [0.2, 0.25) is 0 Å². The van der Waals surface area contributed by atoms with Crippen molar-refractivity contribution in [3.05, 3.63) is 55.9 Å². The van der Waals surface area contributed by atoms with Gasteiger partial charge in [0.1, 0.15) is 5.82 Å². The van der Waals surface area contributed by atoms with Crippen LogP contribution in [0.25, 0.3) is 0 Å². The first-order chi connectivity index (χ1) is 10.1. The van der Waals surface area contributed by atoms with E-state index in [2.05, 4.69) is 34.3 Å². The summed E-state index contributed by atoms with van der Waals surface area (Å²) in [5.41, 5.74) is 1.36. The van der Waals surface area contributed by atoms with E-state index in [9.17, 15) is 9.18 Å². The van der Waals surface area contributed by atoms with Gasteiger partial charge >= 0.3 is 0 Å². The van der Waals surface area contributed by atoms with E-state index in [-0.39, 0.29) is 17.5 Å². The van der Waals surface area contributed by atoms with E-state index in [4.69, 9.17) is 0 Å². The smallest absolute Gasteiger partial charge is 0.257 e. The van der Waals surface area contributed by atoms with Crippen LogP contribution < -0.4 is 0 Å². The van der Waals surface area contributed by atoms with E-state index in [0.29, 0.717) is 11.0 Å². The van der Waals surface area contributed by atoms with Crippen molar-refractivity contribution >= 4 is 33.2 Å². The molecule has 0 aliphatic carbocycles. The molecule has 110 valence electrons. The Balaban J connectivity index is 1.97. The molecule has 21 heavy (non-hydrogen) atoms. The highest BCUT2D eigenvalue weighted by molar-refractivity contribution is 9.10. The summed E-state index contributed by atoms with van der Waals surface area (Å²) in [7, 11) is 0. The third-order valence-corrected chi connectivity index (χ3v) is 5.53. The third kappa shape index (κ3) is 2.53. The van der Waals surface area contributed by atoms with Gasteiger partial charge in [0.05, 0.1) is 16.1 Å². The Kier molecular flexibility index (Phi) is 4.13. The van der Waals surface area contributed by atoms with Crippen molar-refractivity contribution in [3.63, 3.8) is 0 Å². The quantitative estimate of drug-likeness (QED) is 0.746. The van der Waals surface area contributed by atoms with Gasteiger partial charge in [-0.1, -0.05) is 13.0 Å². The molecule has 1 amide bonds. The molecule has 0 spiro atoms. The summed E-state index contributed by atoms with van der Waals surface area (Å²) in [4.78, 5) is 15.9. The van der Waals surface area contributed by atoms with Gasteiger partial charge in [-0.3, -0.25) is 4.79 Å². The summed E-state index contributed by atoms with van der Waals surface area (Å²) in [5, 5.41) is 2.07. The van der Waals surface area contributed by atoms with Crippen LogP contribution in [0.4, 0.5) is 4.39 Å². The van der Waals surface area contributed by atoms with Crippen molar-refractivity contribution in [1.82, 2.24) is 4.90 Å².